The second-order valence-electron chi connectivity index (χ2n) is 3.09. The third kappa shape index (κ3) is 3.55. The fourth-order valence-corrected chi connectivity index (χ4v) is 1.54. The summed E-state index contributed by atoms with van der Waals surface area (Å²) in [5.74, 6) is -0.0584. The van der Waals surface area contributed by atoms with Crippen molar-refractivity contribution in [2.75, 3.05) is 24.2 Å². The number of para-hydroxylation sites is 1. The maximum absolute atomic E-state index is 11.5. The van der Waals surface area contributed by atoms with Crippen molar-refractivity contribution < 1.29 is 4.79 Å². The molecule has 2 N–H and O–H groups in total. The highest BCUT2D eigenvalue weighted by atomic mass is 79.9. The van der Waals surface area contributed by atoms with E-state index in [0.717, 1.165) is 24.0 Å². The van der Waals surface area contributed by atoms with Crippen molar-refractivity contribution >= 4 is 27.5 Å². The zero-order valence-corrected chi connectivity index (χ0v) is 10.3. The van der Waals surface area contributed by atoms with Crippen LogP contribution in [0.3, 0.4) is 0 Å². The van der Waals surface area contributed by atoms with Crippen LogP contribution in [0.5, 0.6) is 0 Å². The van der Waals surface area contributed by atoms with Crippen molar-refractivity contribution in [2.24, 2.45) is 0 Å². The van der Waals surface area contributed by atoms with E-state index in [1.165, 1.54) is 0 Å². The number of nitrogens with one attached hydrogen (secondary N) is 2. The summed E-state index contributed by atoms with van der Waals surface area (Å²) in [5.41, 5.74) is 1.58. The lowest BCUT2D eigenvalue weighted by Crippen LogP contribution is -2.19. The number of carbonyl (C=O) groups excluding carboxylic acids is 1. The number of rotatable bonds is 5. The monoisotopic (exact) mass is 270 g/mol. The zero-order chi connectivity index (χ0) is 11.1. The molecule has 0 aliphatic rings. The van der Waals surface area contributed by atoms with Crippen LogP contribution in [0.1, 0.15) is 16.8 Å². The van der Waals surface area contributed by atoms with E-state index in [9.17, 15) is 4.79 Å². The van der Waals surface area contributed by atoms with Crippen molar-refractivity contribution in [2.45, 2.75) is 6.42 Å². The van der Waals surface area contributed by atoms with Gasteiger partial charge in [-0.1, -0.05) is 28.1 Å². The lowest BCUT2D eigenvalue weighted by molar-refractivity contribution is 0.0964. The molecule has 1 rings (SSSR count). The Morgan fingerprint density at radius 1 is 1.40 bits per heavy atom. The van der Waals surface area contributed by atoms with Crippen LogP contribution in [0.25, 0.3) is 0 Å². The maximum Gasteiger partial charge on any atom is 0.253 e. The van der Waals surface area contributed by atoms with Crippen LogP contribution in [-0.2, 0) is 0 Å². The van der Waals surface area contributed by atoms with Gasteiger partial charge in [0, 0.05) is 24.6 Å². The van der Waals surface area contributed by atoms with Gasteiger partial charge in [0.25, 0.3) is 5.91 Å². The molecule has 1 aromatic carbocycles. The van der Waals surface area contributed by atoms with Crippen molar-refractivity contribution in [3.8, 4) is 0 Å². The summed E-state index contributed by atoms with van der Waals surface area (Å²) in [5, 5.41) is 6.82. The SMILES string of the molecule is CNC(=O)c1ccccc1NCCCBr. The van der Waals surface area contributed by atoms with Gasteiger partial charge in [-0.15, -0.1) is 0 Å². The number of alkyl halides is 1. The third-order valence-electron chi connectivity index (χ3n) is 2.02. The van der Waals surface area contributed by atoms with Crippen molar-refractivity contribution in [1.29, 1.82) is 0 Å². The molecule has 0 atom stereocenters. The van der Waals surface area contributed by atoms with Crippen LogP contribution in [0, 0.1) is 0 Å². The normalized spacial score (nSPS) is 9.73. The molecule has 3 nitrogen and oxygen atoms in total. The highest BCUT2D eigenvalue weighted by molar-refractivity contribution is 9.09. The number of halogens is 1. The summed E-state index contributed by atoms with van der Waals surface area (Å²) in [6.07, 6.45) is 1.03. The van der Waals surface area contributed by atoms with Crippen molar-refractivity contribution in [1.82, 2.24) is 5.32 Å². The van der Waals surface area contributed by atoms with Crippen LogP contribution in [-0.4, -0.2) is 24.8 Å². The molecule has 0 bridgehead atoms. The van der Waals surface area contributed by atoms with E-state index >= 15 is 0 Å². The largest absolute Gasteiger partial charge is 0.384 e. The minimum absolute atomic E-state index is 0.0584. The quantitative estimate of drug-likeness (QED) is 0.637. The smallest absolute Gasteiger partial charge is 0.253 e. The molecule has 4 heteroatoms. The molecule has 0 unspecified atom stereocenters. The molecule has 0 heterocycles. The number of benzene rings is 1. The van der Waals surface area contributed by atoms with Gasteiger partial charge in [-0.25, -0.2) is 0 Å². The summed E-state index contributed by atoms with van der Waals surface area (Å²) in [6, 6.07) is 7.51. The van der Waals surface area contributed by atoms with Crippen LogP contribution in [0.2, 0.25) is 0 Å². The van der Waals surface area contributed by atoms with Crippen LogP contribution in [0.4, 0.5) is 5.69 Å². The average molecular weight is 271 g/mol. The molecule has 0 saturated heterocycles. The molecule has 0 saturated carbocycles. The minimum atomic E-state index is -0.0584. The van der Waals surface area contributed by atoms with Crippen molar-refractivity contribution in [3.05, 3.63) is 29.8 Å². The highest BCUT2D eigenvalue weighted by Crippen LogP contribution is 2.14. The Labute approximate surface area is 98.4 Å². The molecule has 0 spiro atoms. The van der Waals surface area contributed by atoms with Gasteiger partial charge in [-0.2, -0.15) is 0 Å². The van der Waals surface area contributed by atoms with Crippen LogP contribution in [0.15, 0.2) is 24.3 Å². The van der Waals surface area contributed by atoms with E-state index in [2.05, 4.69) is 26.6 Å². The standard InChI is InChI=1S/C11H15BrN2O/c1-13-11(15)9-5-2-3-6-10(9)14-8-4-7-12/h2-3,5-6,14H,4,7-8H2,1H3,(H,13,15). The number of carbonyl (C=O) groups is 1. The molecular formula is C11H15BrN2O. The number of hydrogen-bond acceptors (Lipinski definition) is 2. The van der Waals surface area contributed by atoms with E-state index in [4.69, 9.17) is 0 Å². The molecule has 1 aromatic rings. The van der Waals surface area contributed by atoms with E-state index in [1.807, 2.05) is 24.3 Å². The van der Waals surface area contributed by atoms with Gasteiger partial charge >= 0.3 is 0 Å². The Bertz CT molecular complexity index is 328. The third-order valence-corrected chi connectivity index (χ3v) is 2.59. The first-order valence-electron chi connectivity index (χ1n) is 4.90. The van der Waals surface area contributed by atoms with E-state index in [1.54, 1.807) is 7.05 Å². The minimum Gasteiger partial charge on any atom is -0.384 e. The lowest BCUT2D eigenvalue weighted by atomic mass is 10.1. The zero-order valence-electron chi connectivity index (χ0n) is 8.72. The van der Waals surface area contributed by atoms with E-state index < -0.39 is 0 Å². The van der Waals surface area contributed by atoms with E-state index in [-0.39, 0.29) is 5.91 Å². The summed E-state index contributed by atoms with van der Waals surface area (Å²) in [7, 11) is 1.64. The molecule has 0 radical (unpaired) electrons. The number of amides is 1. The Kier molecular flexibility index (Phi) is 5.18. The van der Waals surface area contributed by atoms with Gasteiger partial charge in [0.2, 0.25) is 0 Å². The Hall–Kier alpha value is -1.03. The van der Waals surface area contributed by atoms with Crippen LogP contribution >= 0.6 is 15.9 Å². The van der Waals surface area contributed by atoms with Crippen molar-refractivity contribution in [3.63, 3.8) is 0 Å². The summed E-state index contributed by atoms with van der Waals surface area (Å²) in [4.78, 5) is 11.5. The molecule has 1 amide bonds. The average Bonchev–Trinajstić information content (AvgIpc) is 2.29. The molecule has 0 aromatic heterocycles. The lowest BCUT2D eigenvalue weighted by Gasteiger charge is -2.10. The molecule has 82 valence electrons. The predicted molar refractivity (Wildman–Crippen MR) is 66.7 cm³/mol. The summed E-state index contributed by atoms with van der Waals surface area (Å²) < 4.78 is 0. The predicted octanol–water partition coefficient (Wildman–Crippen LogP) is 2.24. The summed E-state index contributed by atoms with van der Waals surface area (Å²) >= 11 is 3.36. The number of hydrogen-bond donors (Lipinski definition) is 2. The first kappa shape index (κ1) is 12.0. The van der Waals surface area contributed by atoms with E-state index in [0.29, 0.717) is 5.56 Å². The molecular weight excluding hydrogens is 256 g/mol. The fourth-order valence-electron chi connectivity index (χ4n) is 1.26. The van der Waals surface area contributed by atoms with Gasteiger partial charge in [0.05, 0.1) is 5.56 Å². The van der Waals surface area contributed by atoms with Gasteiger partial charge in [-0.05, 0) is 18.6 Å². The summed E-state index contributed by atoms with van der Waals surface area (Å²) in [6.45, 7) is 0.860. The molecule has 15 heavy (non-hydrogen) atoms. The fraction of sp³-hybridized carbons (Fsp3) is 0.364. The molecule has 0 fully saturated rings. The highest BCUT2D eigenvalue weighted by Gasteiger charge is 2.07. The van der Waals surface area contributed by atoms with Gasteiger partial charge < -0.3 is 10.6 Å². The molecule has 0 aliphatic heterocycles. The topological polar surface area (TPSA) is 41.1 Å². The van der Waals surface area contributed by atoms with Crippen LogP contribution < -0.4 is 10.6 Å². The second kappa shape index (κ2) is 6.45. The Balaban J connectivity index is 2.73. The first-order chi connectivity index (χ1) is 7.29. The first-order valence-corrected chi connectivity index (χ1v) is 6.02. The molecule has 0 aliphatic carbocycles. The van der Waals surface area contributed by atoms with Gasteiger partial charge in [0.15, 0.2) is 0 Å². The Morgan fingerprint density at radius 2 is 2.13 bits per heavy atom. The Morgan fingerprint density at radius 3 is 2.80 bits per heavy atom. The number of anilines is 1. The van der Waals surface area contributed by atoms with Gasteiger partial charge in [0.1, 0.15) is 0 Å². The maximum atomic E-state index is 11.5. The second-order valence-corrected chi connectivity index (χ2v) is 3.89. The van der Waals surface area contributed by atoms with Gasteiger partial charge in [-0.3, -0.25) is 4.79 Å².